The molecule has 4 aromatic carbocycles. The summed E-state index contributed by atoms with van der Waals surface area (Å²) in [7, 11) is -15.0. The van der Waals surface area contributed by atoms with Crippen molar-refractivity contribution >= 4 is 68.3 Å². The summed E-state index contributed by atoms with van der Waals surface area (Å²) in [4.78, 5) is -0.855. The van der Waals surface area contributed by atoms with E-state index in [-0.39, 0.29) is 48.8 Å². The molecular formula is C26H28Li2O6S2Si2. The molecule has 0 radical (unpaired) electrons. The van der Waals surface area contributed by atoms with Gasteiger partial charge < -0.3 is 9.11 Å². The molecule has 0 aliphatic rings. The molecule has 0 heterocycles. The molecule has 0 unspecified atom stereocenters. The molecule has 0 saturated carbocycles. The van der Waals surface area contributed by atoms with Crippen molar-refractivity contribution in [3.8, 4) is 11.1 Å². The fraction of sp³-hybridized carbons (Fsp3) is 0.231. The molecule has 0 spiro atoms. The van der Waals surface area contributed by atoms with E-state index in [2.05, 4.69) is 0 Å². The third kappa shape index (κ3) is 6.11. The van der Waals surface area contributed by atoms with Crippen LogP contribution in [0.5, 0.6) is 0 Å². The van der Waals surface area contributed by atoms with Crippen LogP contribution in [0.15, 0.2) is 70.5 Å². The van der Waals surface area contributed by atoms with E-state index in [0.29, 0.717) is 31.9 Å². The Balaban J connectivity index is 0.00000253. The summed E-state index contributed by atoms with van der Waals surface area (Å²) in [6.07, 6.45) is 0. The number of hydrogen-bond acceptors (Lipinski definition) is 6. The van der Waals surface area contributed by atoms with Gasteiger partial charge in [-0.05, 0) is 31.9 Å². The summed E-state index contributed by atoms with van der Waals surface area (Å²) in [6.45, 7) is 11.6. The van der Waals surface area contributed by atoms with Gasteiger partial charge in [0.25, 0.3) is 0 Å². The Labute approximate surface area is 251 Å². The van der Waals surface area contributed by atoms with Crippen molar-refractivity contribution in [1.82, 2.24) is 0 Å². The number of rotatable bonds is 5. The van der Waals surface area contributed by atoms with Gasteiger partial charge in [-0.15, -0.1) is 0 Å². The Kier molecular flexibility index (Phi) is 9.59. The third-order valence-electron chi connectivity index (χ3n) is 6.37. The Morgan fingerprint density at radius 1 is 0.553 bits per heavy atom. The second-order valence-corrected chi connectivity index (χ2v) is 23.8. The summed E-state index contributed by atoms with van der Waals surface area (Å²) in [5.74, 6) is 0. The van der Waals surface area contributed by atoms with E-state index in [0.717, 1.165) is 0 Å². The summed E-state index contributed by atoms with van der Waals surface area (Å²) in [6, 6.07) is 17.4. The van der Waals surface area contributed by atoms with Crippen LogP contribution >= 0.6 is 0 Å². The fourth-order valence-corrected chi connectivity index (χ4v) is 11.7. The minimum absolute atomic E-state index is 0. The topological polar surface area (TPSA) is 114 Å². The monoisotopic (exact) mass is 570 g/mol. The van der Waals surface area contributed by atoms with Crippen molar-refractivity contribution in [3.63, 3.8) is 0 Å². The Morgan fingerprint density at radius 2 is 0.842 bits per heavy atom. The van der Waals surface area contributed by atoms with E-state index in [1.807, 2.05) is 39.3 Å². The molecule has 0 atom stereocenters. The van der Waals surface area contributed by atoms with Crippen molar-refractivity contribution < 1.29 is 63.7 Å². The van der Waals surface area contributed by atoms with Crippen LogP contribution in [-0.2, 0) is 20.2 Å². The maximum atomic E-state index is 13.0. The molecule has 0 amide bonds. The zero-order chi connectivity index (χ0) is 26.8. The van der Waals surface area contributed by atoms with Crippen LogP contribution in [0.4, 0.5) is 0 Å². The minimum Gasteiger partial charge on any atom is -0.744 e. The van der Waals surface area contributed by atoms with Crippen molar-refractivity contribution in [2.75, 3.05) is 0 Å². The van der Waals surface area contributed by atoms with Gasteiger partial charge in [-0.2, -0.15) is 0 Å². The van der Waals surface area contributed by atoms with E-state index in [1.54, 1.807) is 60.7 Å². The standard InChI is InChI=1S/C26H30O6S2Si2.2Li/c1-35(2,3)21-15-17-11-7-9-13-19(17)23(25(21)33(27,28)29)24-20-14-10-8-12-18(20)16-22(36(4,5)6)26(24)34(30,31)32;;/h7-16H,1-6H3,(H,27,28,29)(H,30,31,32);;/q;2*+1/p-2. The fourth-order valence-electron chi connectivity index (χ4n) is 4.79. The molecule has 0 fully saturated rings. The van der Waals surface area contributed by atoms with Gasteiger partial charge in [-0.3, -0.25) is 0 Å². The van der Waals surface area contributed by atoms with Crippen LogP contribution in [-0.4, -0.2) is 42.1 Å². The van der Waals surface area contributed by atoms with E-state index >= 15 is 0 Å². The van der Waals surface area contributed by atoms with Gasteiger partial charge in [-0.1, -0.05) is 99.9 Å². The Hall–Kier alpha value is -1.15. The Morgan fingerprint density at radius 3 is 1.11 bits per heavy atom. The predicted molar refractivity (Wildman–Crippen MR) is 149 cm³/mol. The molecule has 38 heavy (non-hydrogen) atoms. The predicted octanol–water partition coefficient (Wildman–Crippen LogP) is -1.43. The normalized spacial score (nSPS) is 12.7. The van der Waals surface area contributed by atoms with Crippen LogP contribution in [0.3, 0.4) is 0 Å². The number of benzene rings is 4. The molecule has 0 bridgehead atoms. The molecule has 4 aromatic rings. The van der Waals surface area contributed by atoms with Crippen LogP contribution < -0.4 is 48.1 Å². The smallest absolute Gasteiger partial charge is 0.744 e. The first kappa shape index (κ1) is 33.1. The second-order valence-electron chi connectivity index (χ2n) is 11.1. The minimum atomic E-state index is -5.07. The molecule has 0 N–H and O–H groups in total. The summed E-state index contributed by atoms with van der Waals surface area (Å²) in [5, 5.41) is 2.99. The molecule has 6 nitrogen and oxygen atoms in total. The van der Waals surface area contributed by atoms with E-state index in [9.17, 15) is 25.9 Å². The largest absolute Gasteiger partial charge is 1.00 e. The Bertz CT molecular complexity index is 1630. The SMILES string of the molecule is C[Si](C)(C)c1cc2ccccc2c(-c2c(S(=O)(=O)[O-])c([Si](C)(C)C)cc3ccccc23)c1S(=O)(=O)[O-].[Li+].[Li+]. The van der Waals surface area contributed by atoms with Crippen LogP contribution in [0, 0.1) is 0 Å². The molecule has 0 aromatic heterocycles. The molecule has 4 rings (SSSR count). The third-order valence-corrected chi connectivity index (χ3v) is 12.6. The quantitative estimate of drug-likeness (QED) is 0.215. The van der Waals surface area contributed by atoms with Crippen LogP contribution in [0.1, 0.15) is 0 Å². The molecule has 0 aliphatic heterocycles. The average molecular weight is 571 g/mol. The van der Waals surface area contributed by atoms with Gasteiger partial charge in [0.15, 0.2) is 0 Å². The van der Waals surface area contributed by atoms with Gasteiger partial charge in [-0.25, -0.2) is 16.8 Å². The van der Waals surface area contributed by atoms with Gasteiger partial charge in [0.05, 0.1) is 25.9 Å². The zero-order valence-corrected chi connectivity index (χ0v) is 26.7. The average Bonchev–Trinajstić information content (AvgIpc) is 2.74. The number of fused-ring (bicyclic) bond motifs is 2. The van der Waals surface area contributed by atoms with Gasteiger partial charge >= 0.3 is 37.7 Å². The van der Waals surface area contributed by atoms with Crippen molar-refractivity contribution in [3.05, 3.63) is 60.7 Å². The molecule has 12 heteroatoms. The first-order chi connectivity index (χ1) is 16.4. The van der Waals surface area contributed by atoms with Gasteiger partial charge in [0, 0.05) is 11.1 Å². The molecule has 190 valence electrons. The summed E-state index contributed by atoms with van der Waals surface area (Å²) >= 11 is 0. The van der Waals surface area contributed by atoms with Crippen molar-refractivity contribution in [2.45, 2.75) is 49.1 Å². The zero-order valence-electron chi connectivity index (χ0n) is 23.0. The first-order valence-corrected chi connectivity index (χ1v) is 21.3. The summed E-state index contributed by atoms with van der Waals surface area (Å²) in [5.41, 5.74) is 0.0116. The first-order valence-electron chi connectivity index (χ1n) is 11.5. The van der Waals surface area contributed by atoms with Gasteiger partial charge in [0.2, 0.25) is 0 Å². The van der Waals surface area contributed by atoms with E-state index < -0.39 is 46.2 Å². The maximum absolute atomic E-state index is 13.0. The van der Waals surface area contributed by atoms with E-state index in [1.165, 1.54) is 0 Å². The van der Waals surface area contributed by atoms with Crippen molar-refractivity contribution in [2.24, 2.45) is 0 Å². The summed E-state index contributed by atoms with van der Waals surface area (Å²) < 4.78 is 77.8. The van der Waals surface area contributed by atoms with Crippen LogP contribution in [0.25, 0.3) is 32.7 Å². The molecule has 0 saturated heterocycles. The van der Waals surface area contributed by atoms with E-state index in [4.69, 9.17) is 0 Å². The van der Waals surface area contributed by atoms with Gasteiger partial charge in [0.1, 0.15) is 20.2 Å². The second kappa shape index (κ2) is 11.0. The maximum Gasteiger partial charge on any atom is 1.00 e. The van der Waals surface area contributed by atoms with Crippen LogP contribution in [0.2, 0.25) is 39.3 Å². The molecule has 0 aliphatic carbocycles. The number of hydrogen-bond donors (Lipinski definition) is 0. The van der Waals surface area contributed by atoms with Crippen molar-refractivity contribution in [1.29, 1.82) is 0 Å². The molecular weight excluding hydrogens is 542 g/mol.